The number of amides is 2. The molecular formula is C11H14N2O3S. The number of thioether (sulfide) groups is 1. The zero-order valence-corrected chi connectivity index (χ0v) is 10.4. The highest BCUT2D eigenvalue weighted by molar-refractivity contribution is 7.98. The quantitative estimate of drug-likeness (QED) is 0.718. The number of rotatable bonds is 4. The van der Waals surface area contributed by atoms with E-state index >= 15 is 0 Å². The van der Waals surface area contributed by atoms with Gasteiger partial charge in [0, 0.05) is 10.6 Å². The predicted octanol–water partition coefficient (Wildman–Crippen LogP) is 2.00. The first-order valence-electron chi connectivity index (χ1n) is 4.97. The van der Waals surface area contributed by atoms with E-state index < -0.39 is 18.0 Å². The lowest BCUT2D eigenvalue weighted by atomic mass is 10.3. The monoisotopic (exact) mass is 254 g/mol. The van der Waals surface area contributed by atoms with Gasteiger partial charge in [-0.15, -0.1) is 11.8 Å². The Hall–Kier alpha value is -1.69. The summed E-state index contributed by atoms with van der Waals surface area (Å²) in [5.41, 5.74) is 0.631. The van der Waals surface area contributed by atoms with Crippen molar-refractivity contribution in [1.82, 2.24) is 5.32 Å². The molecule has 1 rings (SSSR count). The van der Waals surface area contributed by atoms with Crippen LogP contribution in [0.3, 0.4) is 0 Å². The van der Waals surface area contributed by atoms with Crippen LogP contribution in [0.15, 0.2) is 29.2 Å². The van der Waals surface area contributed by atoms with Crippen LogP contribution in [-0.4, -0.2) is 29.4 Å². The maximum Gasteiger partial charge on any atom is 0.325 e. The third kappa shape index (κ3) is 4.36. The van der Waals surface area contributed by atoms with Crippen molar-refractivity contribution < 1.29 is 14.7 Å². The largest absolute Gasteiger partial charge is 0.480 e. The summed E-state index contributed by atoms with van der Waals surface area (Å²) in [4.78, 5) is 23.0. The van der Waals surface area contributed by atoms with Gasteiger partial charge in [-0.1, -0.05) is 6.07 Å². The fourth-order valence-corrected chi connectivity index (χ4v) is 1.59. The Morgan fingerprint density at radius 3 is 2.71 bits per heavy atom. The van der Waals surface area contributed by atoms with Gasteiger partial charge in [0.25, 0.3) is 0 Å². The van der Waals surface area contributed by atoms with Crippen molar-refractivity contribution in [1.29, 1.82) is 0 Å². The van der Waals surface area contributed by atoms with E-state index in [2.05, 4.69) is 10.6 Å². The molecule has 1 aromatic carbocycles. The van der Waals surface area contributed by atoms with E-state index in [9.17, 15) is 9.59 Å². The van der Waals surface area contributed by atoms with Gasteiger partial charge < -0.3 is 15.7 Å². The number of urea groups is 1. The van der Waals surface area contributed by atoms with Gasteiger partial charge in [0.2, 0.25) is 0 Å². The van der Waals surface area contributed by atoms with Crippen LogP contribution in [0, 0.1) is 0 Å². The van der Waals surface area contributed by atoms with Gasteiger partial charge in [-0.2, -0.15) is 0 Å². The number of hydrogen-bond acceptors (Lipinski definition) is 3. The minimum Gasteiger partial charge on any atom is -0.480 e. The molecule has 0 fully saturated rings. The van der Waals surface area contributed by atoms with Crippen molar-refractivity contribution in [3.8, 4) is 0 Å². The van der Waals surface area contributed by atoms with Crippen molar-refractivity contribution in [2.75, 3.05) is 11.6 Å². The first-order chi connectivity index (χ1) is 8.02. The van der Waals surface area contributed by atoms with Gasteiger partial charge in [0.05, 0.1) is 0 Å². The molecule has 2 amide bonds. The van der Waals surface area contributed by atoms with Gasteiger partial charge in [-0.3, -0.25) is 4.79 Å². The normalized spacial score (nSPS) is 11.6. The van der Waals surface area contributed by atoms with Crippen LogP contribution in [0.2, 0.25) is 0 Å². The number of hydrogen-bond donors (Lipinski definition) is 3. The number of carboxylic acids is 1. The molecule has 3 N–H and O–H groups in total. The Labute approximate surface area is 104 Å². The number of aliphatic carboxylic acids is 1. The molecule has 17 heavy (non-hydrogen) atoms. The number of benzene rings is 1. The van der Waals surface area contributed by atoms with E-state index in [0.29, 0.717) is 5.69 Å². The van der Waals surface area contributed by atoms with Crippen molar-refractivity contribution in [3.05, 3.63) is 24.3 Å². The zero-order valence-electron chi connectivity index (χ0n) is 9.56. The van der Waals surface area contributed by atoms with E-state index in [1.165, 1.54) is 6.92 Å². The lowest BCUT2D eigenvalue weighted by Gasteiger charge is -2.11. The second kappa shape index (κ2) is 6.15. The molecular weight excluding hydrogens is 240 g/mol. The fourth-order valence-electron chi connectivity index (χ4n) is 1.13. The molecule has 0 aromatic heterocycles. The lowest BCUT2D eigenvalue weighted by Crippen LogP contribution is -2.40. The summed E-state index contributed by atoms with van der Waals surface area (Å²) in [7, 11) is 0. The topological polar surface area (TPSA) is 78.4 Å². The second-order valence-electron chi connectivity index (χ2n) is 3.39. The van der Waals surface area contributed by atoms with Crippen LogP contribution in [-0.2, 0) is 4.79 Å². The van der Waals surface area contributed by atoms with Gasteiger partial charge in [0.15, 0.2) is 0 Å². The second-order valence-corrected chi connectivity index (χ2v) is 4.27. The summed E-state index contributed by atoms with van der Waals surface area (Å²) in [6, 6.07) is 5.85. The van der Waals surface area contributed by atoms with Crippen LogP contribution < -0.4 is 10.6 Å². The van der Waals surface area contributed by atoms with E-state index in [4.69, 9.17) is 5.11 Å². The van der Waals surface area contributed by atoms with E-state index in [1.54, 1.807) is 17.8 Å². The first-order valence-corrected chi connectivity index (χ1v) is 6.20. The lowest BCUT2D eigenvalue weighted by molar-refractivity contribution is -0.138. The van der Waals surface area contributed by atoms with Gasteiger partial charge >= 0.3 is 12.0 Å². The van der Waals surface area contributed by atoms with Crippen LogP contribution in [0.1, 0.15) is 6.92 Å². The van der Waals surface area contributed by atoms with Crippen LogP contribution in [0.4, 0.5) is 10.5 Å². The Kier molecular flexibility index (Phi) is 4.84. The molecule has 0 heterocycles. The Bertz CT molecular complexity index is 423. The smallest absolute Gasteiger partial charge is 0.325 e. The van der Waals surface area contributed by atoms with Crippen LogP contribution in [0.25, 0.3) is 0 Å². The van der Waals surface area contributed by atoms with Crippen molar-refractivity contribution in [2.24, 2.45) is 0 Å². The number of nitrogens with one attached hydrogen (secondary N) is 2. The highest BCUT2D eigenvalue weighted by Gasteiger charge is 2.13. The molecule has 0 aliphatic heterocycles. The van der Waals surface area contributed by atoms with Crippen molar-refractivity contribution >= 4 is 29.4 Å². The highest BCUT2D eigenvalue weighted by Crippen LogP contribution is 2.18. The SMILES string of the molecule is CSc1cccc(NC(=O)NC(C)C(=O)O)c1. The summed E-state index contributed by atoms with van der Waals surface area (Å²) >= 11 is 1.56. The van der Waals surface area contributed by atoms with Crippen molar-refractivity contribution in [2.45, 2.75) is 17.9 Å². The molecule has 0 saturated heterocycles. The summed E-state index contributed by atoms with van der Waals surface area (Å²) < 4.78 is 0. The van der Waals surface area contributed by atoms with Crippen LogP contribution >= 0.6 is 11.8 Å². The number of carboxylic acid groups (broad SMARTS) is 1. The average molecular weight is 254 g/mol. The maximum absolute atomic E-state index is 11.4. The van der Waals surface area contributed by atoms with Gasteiger partial charge in [-0.05, 0) is 31.4 Å². The van der Waals surface area contributed by atoms with E-state index in [1.807, 2.05) is 24.5 Å². The molecule has 5 nitrogen and oxygen atoms in total. The van der Waals surface area contributed by atoms with Crippen LogP contribution in [0.5, 0.6) is 0 Å². The number of carbonyl (C=O) groups is 2. The summed E-state index contributed by atoms with van der Waals surface area (Å²) in [5.74, 6) is -1.07. The van der Waals surface area contributed by atoms with Gasteiger partial charge in [-0.25, -0.2) is 4.79 Å². The summed E-state index contributed by atoms with van der Waals surface area (Å²) in [6.07, 6.45) is 1.94. The summed E-state index contributed by atoms with van der Waals surface area (Å²) in [5, 5.41) is 13.5. The number of anilines is 1. The first kappa shape index (κ1) is 13.4. The molecule has 0 aliphatic carbocycles. The maximum atomic E-state index is 11.4. The standard InChI is InChI=1S/C11H14N2O3S/c1-7(10(14)15)12-11(16)13-8-4-3-5-9(6-8)17-2/h3-7H,1-2H3,(H,14,15)(H2,12,13,16). The molecule has 92 valence electrons. The molecule has 0 spiro atoms. The number of carbonyl (C=O) groups excluding carboxylic acids is 1. The minimum atomic E-state index is -1.07. The summed E-state index contributed by atoms with van der Waals surface area (Å²) in [6.45, 7) is 1.40. The fraction of sp³-hybridized carbons (Fsp3) is 0.273. The molecule has 0 bridgehead atoms. The van der Waals surface area contributed by atoms with Gasteiger partial charge in [0.1, 0.15) is 6.04 Å². The Balaban J connectivity index is 2.58. The van der Waals surface area contributed by atoms with E-state index in [-0.39, 0.29) is 0 Å². The highest BCUT2D eigenvalue weighted by atomic mass is 32.2. The predicted molar refractivity (Wildman–Crippen MR) is 67.5 cm³/mol. The molecule has 0 saturated carbocycles. The Morgan fingerprint density at radius 1 is 1.41 bits per heavy atom. The van der Waals surface area contributed by atoms with Crippen molar-refractivity contribution in [3.63, 3.8) is 0 Å². The average Bonchev–Trinajstić information content (AvgIpc) is 2.28. The van der Waals surface area contributed by atoms with E-state index in [0.717, 1.165) is 4.90 Å². The molecule has 1 unspecified atom stereocenters. The minimum absolute atomic E-state index is 0.529. The zero-order chi connectivity index (χ0) is 12.8. The molecule has 0 radical (unpaired) electrons. The molecule has 1 aromatic rings. The molecule has 0 aliphatic rings. The molecule has 6 heteroatoms. The molecule has 1 atom stereocenters. The third-order valence-electron chi connectivity index (χ3n) is 2.05. The third-order valence-corrected chi connectivity index (χ3v) is 2.77. The Morgan fingerprint density at radius 2 is 2.12 bits per heavy atom.